The van der Waals surface area contributed by atoms with Gasteiger partial charge in [-0.1, -0.05) is 12.1 Å². The first kappa shape index (κ1) is 23.4. The molecule has 0 unspecified atom stereocenters. The highest BCUT2D eigenvalue weighted by Gasteiger charge is 2.20. The molecule has 0 bridgehead atoms. The number of amides is 2. The minimum Gasteiger partial charge on any atom is -0.353 e. The highest BCUT2D eigenvalue weighted by atomic mass is 32.1. The molecule has 7 nitrogen and oxygen atoms in total. The third kappa shape index (κ3) is 7.41. The molecule has 2 amide bonds. The van der Waals surface area contributed by atoms with Gasteiger partial charge in [0, 0.05) is 49.8 Å². The number of carbonyl (C=O) groups is 2. The van der Waals surface area contributed by atoms with E-state index >= 15 is 0 Å². The van der Waals surface area contributed by atoms with Crippen molar-refractivity contribution in [1.29, 1.82) is 0 Å². The monoisotopic (exact) mass is 443 g/mol. The van der Waals surface area contributed by atoms with Crippen molar-refractivity contribution in [2.75, 3.05) is 38.0 Å². The first-order valence-corrected chi connectivity index (χ1v) is 11.7. The Labute approximate surface area is 188 Å². The lowest BCUT2D eigenvalue weighted by Crippen LogP contribution is -2.49. The predicted octanol–water partition coefficient (Wildman–Crippen LogP) is 2.58. The van der Waals surface area contributed by atoms with Crippen molar-refractivity contribution in [1.82, 2.24) is 20.1 Å². The zero-order chi connectivity index (χ0) is 22.4. The topological polar surface area (TPSA) is 77.6 Å². The standard InChI is InChI=1S/C23H33N5O2S/c1-16(2)24-22(30)14-28-9-7-27(8-10-28)13-19-15-31-23(25-19)12-21(29)26-20-11-17(3)5-6-18(20)4/h5-6,11,15-16H,7-10,12-14H2,1-4H3,(H,24,30)(H,26,29). The molecule has 31 heavy (non-hydrogen) atoms. The molecule has 2 aromatic rings. The molecule has 2 N–H and O–H groups in total. The van der Waals surface area contributed by atoms with Gasteiger partial charge in [0.05, 0.1) is 18.7 Å². The summed E-state index contributed by atoms with van der Waals surface area (Å²) in [5, 5.41) is 8.83. The van der Waals surface area contributed by atoms with Crippen molar-refractivity contribution in [3.8, 4) is 0 Å². The Bertz CT molecular complexity index is 903. The third-order valence-corrected chi connectivity index (χ3v) is 6.14. The maximum atomic E-state index is 12.4. The van der Waals surface area contributed by atoms with E-state index in [1.807, 2.05) is 51.3 Å². The fourth-order valence-electron chi connectivity index (χ4n) is 3.61. The van der Waals surface area contributed by atoms with Crippen LogP contribution in [0.1, 0.15) is 35.7 Å². The minimum atomic E-state index is -0.0390. The van der Waals surface area contributed by atoms with Crippen molar-refractivity contribution < 1.29 is 9.59 Å². The number of piperazine rings is 1. The molecule has 1 aliphatic rings. The Morgan fingerprint density at radius 3 is 2.52 bits per heavy atom. The van der Waals surface area contributed by atoms with Gasteiger partial charge in [-0.05, 0) is 44.9 Å². The second kappa shape index (κ2) is 10.8. The van der Waals surface area contributed by atoms with Gasteiger partial charge in [-0.25, -0.2) is 4.98 Å². The molecule has 1 fully saturated rings. The van der Waals surface area contributed by atoms with E-state index in [9.17, 15) is 9.59 Å². The van der Waals surface area contributed by atoms with Crippen LogP contribution < -0.4 is 10.6 Å². The minimum absolute atomic E-state index is 0.0390. The second-order valence-corrected chi connectivity index (χ2v) is 9.49. The van der Waals surface area contributed by atoms with Crippen LogP contribution >= 0.6 is 11.3 Å². The number of nitrogens with zero attached hydrogens (tertiary/aromatic N) is 3. The normalized spacial score (nSPS) is 15.3. The number of nitrogens with one attached hydrogen (secondary N) is 2. The summed E-state index contributed by atoms with van der Waals surface area (Å²) in [4.78, 5) is 33.6. The van der Waals surface area contributed by atoms with Gasteiger partial charge in [0.2, 0.25) is 11.8 Å². The largest absolute Gasteiger partial charge is 0.353 e. The van der Waals surface area contributed by atoms with Crippen molar-refractivity contribution >= 4 is 28.8 Å². The number of carbonyl (C=O) groups excluding carboxylic acids is 2. The molecule has 1 saturated heterocycles. The Kier molecular flexibility index (Phi) is 8.17. The van der Waals surface area contributed by atoms with Gasteiger partial charge < -0.3 is 10.6 Å². The summed E-state index contributed by atoms with van der Waals surface area (Å²) in [6, 6.07) is 6.23. The summed E-state index contributed by atoms with van der Waals surface area (Å²) in [6.45, 7) is 12.8. The van der Waals surface area contributed by atoms with E-state index in [0.717, 1.165) is 60.2 Å². The van der Waals surface area contributed by atoms with Gasteiger partial charge >= 0.3 is 0 Å². The smallest absolute Gasteiger partial charge is 0.234 e. The lowest BCUT2D eigenvalue weighted by atomic mass is 10.1. The maximum absolute atomic E-state index is 12.4. The van der Waals surface area contributed by atoms with Crippen LogP contribution in [0.3, 0.4) is 0 Å². The molecule has 0 saturated carbocycles. The summed E-state index contributed by atoms with van der Waals surface area (Å²) in [5.74, 6) is 0.0506. The third-order valence-electron chi connectivity index (χ3n) is 5.25. The summed E-state index contributed by atoms with van der Waals surface area (Å²) < 4.78 is 0. The van der Waals surface area contributed by atoms with Crippen molar-refractivity contribution in [3.05, 3.63) is 45.4 Å². The van der Waals surface area contributed by atoms with Crippen LogP contribution in [-0.2, 0) is 22.6 Å². The molecular weight excluding hydrogens is 410 g/mol. The van der Waals surface area contributed by atoms with Crippen molar-refractivity contribution in [3.63, 3.8) is 0 Å². The van der Waals surface area contributed by atoms with Crippen molar-refractivity contribution in [2.45, 2.75) is 46.7 Å². The van der Waals surface area contributed by atoms with Crippen LogP contribution in [0.2, 0.25) is 0 Å². The molecule has 0 atom stereocenters. The van der Waals surface area contributed by atoms with Gasteiger partial charge in [-0.2, -0.15) is 0 Å². The fraction of sp³-hybridized carbons (Fsp3) is 0.522. The number of rotatable bonds is 8. The molecule has 0 radical (unpaired) electrons. The van der Waals surface area contributed by atoms with E-state index in [1.165, 1.54) is 11.3 Å². The molecule has 2 heterocycles. The van der Waals surface area contributed by atoms with Gasteiger partial charge in [0.15, 0.2) is 0 Å². The number of hydrogen-bond donors (Lipinski definition) is 2. The average Bonchev–Trinajstić information content (AvgIpc) is 3.12. The van der Waals surface area contributed by atoms with Crippen LogP contribution in [0.25, 0.3) is 0 Å². The van der Waals surface area contributed by atoms with E-state index in [1.54, 1.807) is 0 Å². The zero-order valence-corrected chi connectivity index (χ0v) is 19.7. The predicted molar refractivity (Wildman–Crippen MR) is 125 cm³/mol. The Balaban J connectivity index is 1.43. The molecule has 168 valence electrons. The Morgan fingerprint density at radius 1 is 1.10 bits per heavy atom. The molecule has 1 aromatic heterocycles. The van der Waals surface area contributed by atoms with Crippen LogP contribution in [0.5, 0.6) is 0 Å². The van der Waals surface area contributed by atoms with Crippen LogP contribution in [0.4, 0.5) is 5.69 Å². The number of anilines is 1. The fourth-order valence-corrected chi connectivity index (χ4v) is 4.39. The first-order valence-electron chi connectivity index (χ1n) is 10.8. The van der Waals surface area contributed by atoms with E-state index in [2.05, 4.69) is 25.4 Å². The first-order chi connectivity index (χ1) is 14.8. The average molecular weight is 444 g/mol. The maximum Gasteiger partial charge on any atom is 0.234 e. The van der Waals surface area contributed by atoms with Gasteiger partial charge in [-0.3, -0.25) is 19.4 Å². The molecular formula is C23H33N5O2S. The number of hydrogen-bond acceptors (Lipinski definition) is 6. The van der Waals surface area contributed by atoms with E-state index in [4.69, 9.17) is 0 Å². The Morgan fingerprint density at radius 2 is 1.81 bits per heavy atom. The van der Waals surface area contributed by atoms with Gasteiger partial charge in [-0.15, -0.1) is 11.3 Å². The van der Waals surface area contributed by atoms with Crippen LogP contribution in [-0.4, -0.2) is 65.4 Å². The lowest BCUT2D eigenvalue weighted by Gasteiger charge is -2.34. The number of thiazole rings is 1. The summed E-state index contributed by atoms with van der Waals surface area (Å²) >= 11 is 1.54. The second-order valence-electron chi connectivity index (χ2n) is 8.55. The number of benzene rings is 1. The van der Waals surface area contributed by atoms with Crippen LogP contribution in [0.15, 0.2) is 23.6 Å². The number of aryl methyl sites for hydroxylation is 2. The van der Waals surface area contributed by atoms with E-state index < -0.39 is 0 Å². The lowest BCUT2D eigenvalue weighted by molar-refractivity contribution is -0.123. The van der Waals surface area contributed by atoms with E-state index in [-0.39, 0.29) is 24.3 Å². The quantitative estimate of drug-likeness (QED) is 0.656. The van der Waals surface area contributed by atoms with Crippen molar-refractivity contribution in [2.24, 2.45) is 0 Å². The van der Waals surface area contributed by atoms with E-state index in [0.29, 0.717) is 6.54 Å². The zero-order valence-electron chi connectivity index (χ0n) is 18.9. The summed E-state index contributed by atoms with van der Waals surface area (Å²) in [5.41, 5.74) is 4.05. The number of aromatic nitrogens is 1. The summed E-state index contributed by atoms with van der Waals surface area (Å²) in [6.07, 6.45) is 0.288. The highest BCUT2D eigenvalue weighted by molar-refractivity contribution is 7.09. The molecule has 0 aliphatic carbocycles. The molecule has 1 aromatic carbocycles. The van der Waals surface area contributed by atoms with Crippen LogP contribution in [0, 0.1) is 13.8 Å². The summed E-state index contributed by atoms with van der Waals surface area (Å²) in [7, 11) is 0. The molecule has 1 aliphatic heterocycles. The highest BCUT2D eigenvalue weighted by Crippen LogP contribution is 2.18. The molecule has 3 rings (SSSR count). The van der Waals surface area contributed by atoms with Gasteiger partial charge in [0.1, 0.15) is 5.01 Å². The Hall–Kier alpha value is -2.29. The molecule has 0 spiro atoms. The van der Waals surface area contributed by atoms with Gasteiger partial charge in [0.25, 0.3) is 0 Å². The molecule has 8 heteroatoms. The SMILES string of the molecule is Cc1ccc(C)c(NC(=O)Cc2nc(CN3CCN(CC(=O)NC(C)C)CC3)cs2)c1.